The van der Waals surface area contributed by atoms with Crippen molar-refractivity contribution in [1.29, 1.82) is 0 Å². The number of hydrogen-bond donors (Lipinski definition) is 0. The Labute approximate surface area is 368 Å². The molecule has 314 valence electrons. The zero-order valence-corrected chi connectivity index (χ0v) is 38.6. The molecule has 0 spiro atoms. The van der Waals surface area contributed by atoms with Gasteiger partial charge in [0.25, 0.3) is 16.6 Å². The Balaban J connectivity index is 1.35. The molecule has 4 aromatic carbocycles. The van der Waals surface area contributed by atoms with E-state index >= 15 is 0 Å². The highest BCUT2D eigenvalue weighted by molar-refractivity contribution is 7.00. The molecule has 2 heterocycles. The van der Waals surface area contributed by atoms with Gasteiger partial charge in [-0.1, -0.05) is 163 Å². The van der Waals surface area contributed by atoms with Crippen LogP contribution in [-0.4, -0.2) is 38.5 Å². The zero-order valence-electron chi connectivity index (χ0n) is 36.6. The highest BCUT2D eigenvalue weighted by atomic mass is 28.4. The lowest BCUT2D eigenvalue weighted by molar-refractivity contribution is -0.133. The lowest BCUT2D eigenvalue weighted by Gasteiger charge is -2.43. The van der Waals surface area contributed by atoms with Crippen LogP contribution in [0.25, 0.3) is 0 Å². The van der Waals surface area contributed by atoms with Crippen molar-refractivity contribution >= 4 is 49.3 Å². The third kappa shape index (κ3) is 9.86. The lowest BCUT2D eigenvalue weighted by atomic mass is 10.2. The Bertz CT molecular complexity index is 2360. The van der Waals surface area contributed by atoms with Gasteiger partial charge in [-0.05, 0) is 66.6 Å². The molecule has 8 nitrogen and oxygen atoms in total. The summed E-state index contributed by atoms with van der Waals surface area (Å²) in [6, 6.07) is 44.5. The molecule has 0 radical (unpaired) electrons. The molecule has 0 bridgehead atoms. The molecule has 10 heteroatoms. The summed E-state index contributed by atoms with van der Waals surface area (Å²) < 4.78 is 25.8. The number of aromatic nitrogens is 2. The van der Waals surface area contributed by atoms with Crippen molar-refractivity contribution in [3.05, 3.63) is 168 Å². The molecule has 0 amide bonds. The van der Waals surface area contributed by atoms with Crippen molar-refractivity contribution in [2.45, 2.75) is 78.7 Å². The summed E-state index contributed by atoms with van der Waals surface area (Å²) in [7, 11) is -5.90. The summed E-state index contributed by atoms with van der Waals surface area (Å²) in [4.78, 5) is 34.3. The molecule has 0 saturated carbocycles. The summed E-state index contributed by atoms with van der Waals surface area (Å²) in [6.07, 6.45) is 3.24. The standard InChI is InChI=1S/C52H52N2O6Si2/c1-39(55)59-49-41(33-35-53-47(49)37-57-61(51(3,4)5,43-25-13-9-14-26-43)44-27-15-10-16-28-44)23-21-22-24-42-34-36-54-48(50(42)60-40(2)56)38-58-62(52(6,7)8,45-29-17-11-18-30-45)46-31-19-12-20-32-46/h9-20,25-36H,37-38H2,1-8H3. The van der Waals surface area contributed by atoms with Crippen molar-refractivity contribution in [2.75, 3.05) is 0 Å². The second-order valence-corrected chi connectivity index (χ2v) is 25.5. The first-order valence-electron chi connectivity index (χ1n) is 20.5. The van der Waals surface area contributed by atoms with Crippen molar-refractivity contribution < 1.29 is 27.9 Å². The Morgan fingerprint density at radius 1 is 0.484 bits per heavy atom. The van der Waals surface area contributed by atoms with Crippen molar-refractivity contribution in [3.63, 3.8) is 0 Å². The topological polar surface area (TPSA) is 96.8 Å². The summed E-state index contributed by atoms with van der Waals surface area (Å²) >= 11 is 0. The fourth-order valence-corrected chi connectivity index (χ4v) is 17.0. The highest BCUT2D eigenvalue weighted by Gasteiger charge is 2.51. The van der Waals surface area contributed by atoms with E-state index in [2.05, 4.69) is 124 Å². The Morgan fingerprint density at radius 2 is 0.774 bits per heavy atom. The number of rotatable bonds is 12. The average molecular weight is 857 g/mol. The molecule has 0 aliphatic heterocycles. The Hall–Kier alpha value is -6.41. The van der Waals surface area contributed by atoms with E-state index in [1.54, 1.807) is 24.5 Å². The quantitative estimate of drug-likeness (QED) is 0.0698. The van der Waals surface area contributed by atoms with E-state index in [-0.39, 0.29) is 34.8 Å². The average Bonchev–Trinajstić information content (AvgIpc) is 3.24. The molecule has 0 N–H and O–H groups in total. The van der Waals surface area contributed by atoms with Crippen LogP contribution >= 0.6 is 0 Å². The number of nitrogens with zero attached hydrogens (tertiary/aromatic N) is 2. The maximum absolute atomic E-state index is 12.5. The van der Waals surface area contributed by atoms with Crippen LogP contribution < -0.4 is 30.2 Å². The molecule has 0 unspecified atom stereocenters. The molecule has 0 saturated heterocycles. The van der Waals surface area contributed by atoms with E-state index in [1.165, 1.54) is 13.8 Å². The van der Waals surface area contributed by atoms with Gasteiger partial charge in [0.15, 0.2) is 11.5 Å². The molecule has 0 aliphatic carbocycles. The van der Waals surface area contributed by atoms with E-state index in [0.717, 1.165) is 20.7 Å². The number of carbonyl (C=O) groups excluding carboxylic acids is 2. The molecule has 0 aliphatic rings. The van der Waals surface area contributed by atoms with Gasteiger partial charge >= 0.3 is 11.9 Å². The first-order chi connectivity index (χ1) is 29.7. The minimum Gasteiger partial charge on any atom is -0.423 e. The van der Waals surface area contributed by atoms with Crippen LogP contribution in [0.3, 0.4) is 0 Å². The van der Waals surface area contributed by atoms with Gasteiger partial charge in [0.2, 0.25) is 0 Å². The zero-order chi connectivity index (χ0) is 44.4. The van der Waals surface area contributed by atoms with Gasteiger partial charge in [0.1, 0.15) is 11.4 Å². The highest BCUT2D eigenvalue weighted by Crippen LogP contribution is 2.39. The molecule has 2 aromatic heterocycles. The number of esters is 2. The van der Waals surface area contributed by atoms with Gasteiger partial charge in [0.05, 0.1) is 24.3 Å². The largest absolute Gasteiger partial charge is 0.423 e. The van der Waals surface area contributed by atoms with Crippen LogP contribution in [0.2, 0.25) is 10.1 Å². The Kier molecular flexibility index (Phi) is 14.2. The van der Waals surface area contributed by atoms with E-state index < -0.39 is 28.6 Å². The van der Waals surface area contributed by atoms with Crippen molar-refractivity contribution in [2.24, 2.45) is 0 Å². The number of ether oxygens (including phenoxy) is 2. The summed E-state index contributed by atoms with van der Waals surface area (Å²) in [5.74, 6) is 11.3. The minimum atomic E-state index is -2.95. The third-order valence-corrected chi connectivity index (χ3v) is 20.6. The molecule has 62 heavy (non-hydrogen) atoms. The number of hydrogen-bond acceptors (Lipinski definition) is 8. The number of carbonyl (C=O) groups is 2. The smallest absolute Gasteiger partial charge is 0.308 e. The van der Waals surface area contributed by atoms with Crippen LogP contribution in [0.15, 0.2) is 146 Å². The maximum Gasteiger partial charge on any atom is 0.308 e. The molecular weight excluding hydrogens is 805 g/mol. The molecular formula is C52H52N2O6Si2. The number of benzene rings is 4. The van der Waals surface area contributed by atoms with Gasteiger partial charge in [0, 0.05) is 26.2 Å². The normalized spacial score (nSPS) is 11.7. The summed E-state index contributed by atoms with van der Waals surface area (Å²) in [5, 5.41) is 3.88. The molecule has 0 fully saturated rings. The number of pyridine rings is 2. The first-order valence-corrected chi connectivity index (χ1v) is 24.3. The predicted octanol–water partition coefficient (Wildman–Crippen LogP) is 7.88. The van der Waals surface area contributed by atoms with Gasteiger partial charge in [-0.15, -0.1) is 0 Å². The van der Waals surface area contributed by atoms with Gasteiger partial charge in [-0.2, -0.15) is 0 Å². The lowest BCUT2D eigenvalue weighted by Crippen LogP contribution is -2.66. The van der Waals surface area contributed by atoms with Crippen molar-refractivity contribution in [3.8, 4) is 35.2 Å². The fourth-order valence-electron chi connectivity index (χ4n) is 7.97. The van der Waals surface area contributed by atoms with Gasteiger partial charge in [-0.25, -0.2) is 0 Å². The van der Waals surface area contributed by atoms with E-state index in [1.807, 2.05) is 72.8 Å². The second kappa shape index (κ2) is 19.5. The monoisotopic (exact) mass is 856 g/mol. The van der Waals surface area contributed by atoms with Crippen molar-refractivity contribution in [1.82, 2.24) is 9.97 Å². The summed E-state index contributed by atoms with van der Waals surface area (Å²) in [5.41, 5.74) is 1.70. The Morgan fingerprint density at radius 3 is 1.03 bits per heavy atom. The van der Waals surface area contributed by atoms with Crippen LogP contribution in [0, 0.1) is 23.7 Å². The molecule has 6 rings (SSSR count). The van der Waals surface area contributed by atoms with Crippen LogP contribution in [-0.2, 0) is 31.7 Å². The SMILES string of the molecule is CC(=O)Oc1c(C#CC#Cc2ccnc(CO[Si](c3ccccc3)(c3ccccc3)C(C)(C)C)c2OC(C)=O)ccnc1CO[Si](c1ccccc1)(c1ccccc1)C(C)(C)C. The van der Waals surface area contributed by atoms with Crippen LogP contribution in [0.1, 0.15) is 77.9 Å². The second-order valence-electron chi connectivity index (χ2n) is 16.9. The van der Waals surface area contributed by atoms with Crippen LogP contribution in [0.5, 0.6) is 11.5 Å². The minimum absolute atomic E-state index is 0.0681. The molecule has 6 aromatic rings. The maximum atomic E-state index is 12.5. The fraction of sp³-hybridized carbons (Fsp3) is 0.231. The third-order valence-electron chi connectivity index (χ3n) is 10.6. The van der Waals surface area contributed by atoms with Crippen LogP contribution in [0.4, 0.5) is 0 Å². The molecule has 0 atom stereocenters. The first kappa shape index (κ1) is 45.1. The summed E-state index contributed by atoms with van der Waals surface area (Å²) in [6.45, 7) is 16.0. The predicted molar refractivity (Wildman–Crippen MR) is 250 cm³/mol. The van der Waals surface area contributed by atoms with E-state index in [9.17, 15) is 9.59 Å². The van der Waals surface area contributed by atoms with E-state index in [0.29, 0.717) is 22.5 Å². The van der Waals surface area contributed by atoms with E-state index in [4.69, 9.17) is 18.3 Å². The van der Waals surface area contributed by atoms with Gasteiger partial charge < -0.3 is 18.3 Å². The van der Waals surface area contributed by atoms with Gasteiger partial charge in [-0.3, -0.25) is 19.6 Å².